The molecule has 0 aromatic heterocycles. The normalized spacial score (nSPS) is 18.9. The van der Waals surface area contributed by atoms with Crippen LogP contribution in [0.25, 0.3) is 0 Å². The molecule has 0 radical (unpaired) electrons. The third kappa shape index (κ3) is 3.58. The predicted octanol–water partition coefficient (Wildman–Crippen LogP) is 3.48. The molecule has 4 heteroatoms. The van der Waals surface area contributed by atoms with Crippen LogP contribution in [0.4, 0.5) is 5.69 Å². The number of rotatable bonds is 5. The van der Waals surface area contributed by atoms with Crippen LogP contribution in [0.5, 0.6) is 5.75 Å². The molecule has 1 atom stereocenters. The van der Waals surface area contributed by atoms with E-state index in [-0.39, 0.29) is 0 Å². The van der Waals surface area contributed by atoms with E-state index in [1.165, 1.54) is 12.1 Å². The molecular weight excluding hydrogens is 272 g/mol. The van der Waals surface area contributed by atoms with E-state index in [1.807, 2.05) is 13.0 Å². The number of aryl methyl sites for hydroxylation is 1. The second-order valence-electron chi connectivity index (χ2n) is 5.94. The van der Waals surface area contributed by atoms with Crippen molar-refractivity contribution in [3.8, 4) is 5.75 Å². The van der Waals surface area contributed by atoms with Crippen molar-refractivity contribution >= 4 is 17.3 Å². The maximum absolute atomic E-state index is 6.18. The molecule has 1 saturated heterocycles. The topological polar surface area (TPSA) is 24.5 Å². The van der Waals surface area contributed by atoms with Crippen molar-refractivity contribution < 1.29 is 4.74 Å². The SMILES string of the molecule is COc1cc(Cl)c(C)cc1N1CCC(CNC(C)C)C1. The van der Waals surface area contributed by atoms with Crippen LogP contribution in [-0.2, 0) is 0 Å². The van der Waals surface area contributed by atoms with E-state index >= 15 is 0 Å². The van der Waals surface area contributed by atoms with Gasteiger partial charge in [0.2, 0.25) is 0 Å². The fourth-order valence-corrected chi connectivity index (χ4v) is 2.83. The third-order valence-corrected chi connectivity index (χ3v) is 4.31. The van der Waals surface area contributed by atoms with Gasteiger partial charge in [-0.05, 0) is 37.4 Å². The molecule has 1 unspecified atom stereocenters. The van der Waals surface area contributed by atoms with Crippen LogP contribution < -0.4 is 15.0 Å². The number of hydrogen-bond donors (Lipinski definition) is 1. The molecule has 2 rings (SSSR count). The van der Waals surface area contributed by atoms with Gasteiger partial charge in [0.25, 0.3) is 0 Å². The minimum Gasteiger partial charge on any atom is -0.495 e. The van der Waals surface area contributed by atoms with Crippen molar-refractivity contribution in [2.75, 3.05) is 31.6 Å². The van der Waals surface area contributed by atoms with E-state index in [0.29, 0.717) is 12.0 Å². The minimum absolute atomic E-state index is 0.552. The van der Waals surface area contributed by atoms with E-state index in [2.05, 4.69) is 30.1 Å². The van der Waals surface area contributed by atoms with E-state index in [4.69, 9.17) is 16.3 Å². The molecule has 0 bridgehead atoms. The lowest BCUT2D eigenvalue weighted by molar-refractivity contribution is 0.414. The van der Waals surface area contributed by atoms with Crippen molar-refractivity contribution in [3.05, 3.63) is 22.7 Å². The Balaban J connectivity index is 2.07. The lowest BCUT2D eigenvalue weighted by Gasteiger charge is -2.22. The number of hydrogen-bond acceptors (Lipinski definition) is 3. The zero-order chi connectivity index (χ0) is 14.7. The highest BCUT2D eigenvalue weighted by atomic mass is 35.5. The summed E-state index contributed by atoms with van der Waals surface area (Å²) in [6, 6.07) is 4.61. The van der Waals surface area contributed by atoms with E-state index < -0.39 is 0 Å². The fraction of sp³-hybridized carbons (Fsp3) is 0.625. The van der Waals surface area contributed by atoms with Gasteiger partial charge in [-0.25, -0.2) is 0 Å². The van der Waals surface area contributed by atoms with Crippen molar-refractivity contribution in [3.63, 3.8) is 0 Å². The maximum Gasteiger partial charge on any atom is 0.143 e. The Kier molecular flexibility index (Phi) is 5.17. The highest BCUT2D eigenvalue weighted by Crippen LogP contribution is 2.36. The molecule has 1 aliphatic heterocycles. The summed E-state index contributed by atoms with van der Waals surface area (Å²) >= 11 is 6.18. The molecule has 0 saturated carbocycles. The summed E-state index contributed by atoms with van der Waals surface area (Å²) in [7, 11) is 1.71. The maximum atomic E-state index is 6.18. The fourth-order valence-electron chi connectivity index (χ4n) is 2.68. The summed E-state index contributed by atoms with van der Waals surface area (Å²) < 4.78 is 5.49. The van der Waals surface area contributed by atoms with Gasteiger partial charge >= 0.3 is 0 Å². The molecule has 0 aliphatic carbocycles. The molecule has 1 aromatic rings. The Hall–Kier alpha value is -0.930. The largest absolute Gasteiger partial charge is 0.495 e. The highest BCUT2D eigenvalue weighted by molar-refractivity contribution is 6.31. The Morgan fingerprint density at radius 3 is 2.85 bits per heavy atom. The van der Waals surface area contributed by atoms with Crippen molar-refractivity contribution in [1.82, 2.24) is 5.32 Å². The predicted molar refractivity (Wildman–Crippen MR) is 86.2 cm³/mol. The first-order valence-electron chi connectivity index (χ1n) is 7.33. The molecule has 112 valence electrons. The lowest BCUT2D eigenvalue weighted by Crippen LogP contribution is -2.30. The van der Waals surface area contributed by atoms with Gasteiger partial charge in [-0.3, -0.25) is 0 Å². The van der Waals surface area contributed by atoms with Crippen LogP contribution in [0, 0.1) is 12.8 Å². The van der Waals surface area contributed by atoms with Gasteiger partial charge < -0.3 is 15.0 Å². The third-order valence-electron chi connectivity index (χ3n) is 3.90. The summed E-state index contributed by atoms with van der Waals surface area (Å²) in [6.45, 7) is 9.68. The zero-order valence-electron chi connectivity index (χ0n) is 12.9. The number of methoxy groups -OCH3 is 1. The smallest absolute Gasteiger partial charge is 0.143 e. The Morgan fingerprint density at radius 2 is 2.20 bits per heavy atom. The summed E-state index contributed by atoms with van der Waals surface area (Å²) in [6.07, 6.45) is 1.23. The van der Waals surface area contributed by atoms with Crippen molar-refractivity contribution in [2.45, 2.75) is 33.2 Å². The second-order valence-corrected chi connectivity index (χ2v) is 6.34. The average molecular weight is 297 g/mol. The van der Waals surface area contributed by atoms with Crippen molar-refractivity contribution in [2.24, 2.45) is 5.92 Å². The van der Waals surface area contributed by atoms with E-state index in [1.54, 1.807) is 7.11 Å². The lowest BCUT2D eigenvalue weighted by atomic mass is 10.1. The molecule has 20 heavy (non-hydrogen) atoms. The van der Waals surface area contributed by atoms with Crippen LogP contribution >= 0.6 is 11.6 Å². The van der Waals surface area contributed by atoms with Crippen LogP contribution in [0.15, 0.2) is 12.1 Å². The number of nitrogens with one attached hydrogen (secondary N) is 1. The Bertz CT molecular complexity index is 462. The number of ether oxygens (including phenoxy) is 1. The van der Waals surface area contributed by atoms with Gasteiger partial charge in [0.05, 0.1) is 12.8 Å². The molecule has 1 aromatic carbocycles. The zero-order valence-corrected chi connectivity index (χ0v) is 13.6. The molecular formula is C16H25ClN2O. The van der Waals surface area contributed by atoms with E-state index in [0.717, 1.165) is 36.0 Å². The van der Waals surface area contributed by atoms with Crippen LogP contribution in [-0.4, -0.2) is 32.8 Å². The number of halogens is 1. The first-order chi connectivity index (χ1) is 9.51. The second kappa shape index (κ2) is 6.68. The minimum atomic E-state index is 0.552. The molecule has 0 amide bonds. The van der Waals surface area contributed by atoms with Gasteiger partial charge in [-0.15, -0.1) is 0 Å². The first kappa shape index (κ1) is 15.5. The van der Waals surface area contributed by atoms with Gasteiger partial charge in [0.15, 0.2) is 0 Å². The van der Waals surface area contributed by atoms with Gasteiger partial charge in [0, 0.05) is 30.2 Å². The summed E-state index contributed by atoms with van der Waals surface area (Å²) in [5.41, 5.74) is 2.27. The number of anilines is 1. The molecule has 1 heterocycles. The molecule has 0 spiro atoms. The molecule has 1 fully saturated rings. The first-order valence-corrected chi connectivity index (χ1v) is 7.71. The summed E-state index contributed by atoms with van der Waals surface area (Å²) in [5, 5.41) is 4.30. The molecule has 1 N–H and O–H groups in total. The quantitative estimate of drug-likeness (QED) is 0.900. The van der Waals surface area contributed by atoms with Gasteiger partial charge in [0.1, 0.15) is 5.75 Å². The summed E-state index contributed by atoms with van der Waals surface area (Å²) in [5.74, 6) is 1.58. The van der Waals surface area contributed by atoms with Gasteiger partial charge in [-0.2, -0.15) is 0 Å². The van der Waals surface area contributed by atoms with Gasteiger partial charge in [-0.1, -0.05) is 25.4 Å². The average Bonchev–Trinajstić information content (AvgIpc) is 2.87. The molecule has 3 nitrogen and oxygen atoms in total. The molecule has 1 aliphatic rings. The van der Waals surface area contributed by atoms with Crippen LogP contribution in [0.2, 0.25) is 5.02 Å². The van der Waals surface area contributed by atoms with Crippen LogP contribution in [0.3, 0.4) is 0 Å². The number of nitrogens with zero attached hydrogens (tertiary/aromatic N) is 1. The highest BCUT2D eigenvalue weighted by Gasteiger charge is 2.25. The standard InChI is InChI=1S/C16H25ClN2O/c1-11(2)18-9-13-5-6-19(10-13)15-7-12(3)14(17)8-16(15)20-4/h7-8,11,13,18H,5-6,9-10H2,1-4H3. The van der Waals surface area contributed by atoms with Crippen LogP contribution in [0.1, 0.15) is 25.8 Å². The Morgan fingerprint density at radius 1 is 1.45 bits per heavy atom. The van der Waals surface area contributed by atoms with E-state index in [9.17, 15) is 0 Å². The number of benzene rings is 1. The summed E-state index contributed by atoms with van der Waals surface area (Å²) in [4.78, 5) is 2.41. The Labute approximate surface area is 127 Å². The monoisotopic (exact) mass is 296 g/mol. The van der Waals surface area contributed by atoms with Crippen molar-refractivity contribution in [1.29, 1.82) is 0 Å².